The molecule has 0 fully saturated rings. The fourth-order valence-electron chi connectivity index (χ4n) is 1.47. The summed E-state index contributed by atoms with van der Waals surface area (Å²) in [4.78, 5) is 4.45. The predicted octanol–water partition coefficient (Wildman–Crippen LogP) is 1.88. The number of ether oxygens (including phenoxy) is 1. The molecule has 0 aromatic heterocycles. The van der Waals surface area contributed by atoms with Gasteiger partial charge in [0.2, 0.25) is 0 Å². The zero-order valence-corrected chi connectivity index (χ0v) is 9.90. The van der Waals surface area contributed by atoms with E-state index in [1.54, 1.807) is 7.11 Å². The molecule has 0 aliphatic carbocycles. The number of nitrogens with one attached hydrogen (secondary N) is 1. The van der Waals surface area contributed by atoms with Crippen LogP contribution < -0.4 is 5.32 Å². The number of rotatable bonds is 5. The molecular weight excluding hydrogens is 196 g/mol. The molecule has 1 heterocycles. The Balaban J connectivity index is 2.32. The third kappa shape index (κ3) is 4.33. The third-order valence-corrected chi connectivity index (χ3v) is 3.14. The van der Waals surface area contributed by atoms with Crippen molar-refractivity contribution in [3.63, 3.8) is 0 Å². The second kappa shape index (κ2) is 7.12. The maximum atomic E-state index is 5.17. The molecule has 1 rings (SSSR count). The molecule has 1 aliphatic heterocycles. The number of nitrogens with zero attached hydrogens (tertiary/aromatic N) is 1. The highest BCUT2D eigenvalue weighted by Crippen LogP contribution is 2.11. The first kappa shape index (κ1) is 11.9. The first-order chi connectivity index (χ1) is 6.86. The topological polar surface area (TPSA) is 33.6 Å². The highest BCUT2D eigenvalue weighted by atomic mass is 32.2. The van der Waals surface area contributed by atoms with E-state index in [4.69, 9.17) is 4.74 Å². The van der Waals surface area contributed by atoms with Gasteiger partial charge in [-0.15, -0.1) is 0 Å². The highest BCUT2D eigenvalue weighted by molar-refractivity contribution is 8.13. The van der Waals surface area contributed by atoms with Gasteiger partial charge in [0.15, 0.2) is 5.17 Å². The molecule has 0 saturated carbocycles. The van der Waals surface area contributed by atoms with Gasteiger partial charge in [0, 0.05) is 19.4 Å². The lowest BCUT2D eigenvalue weighted by molar-refractivity contribution is 0.170. The second-order valence-electron chi connectivity index (χ2n) is 3.47. The zero-order valence-electron chi connectivity index (χ0n) is 9.08. The van der Waals surface area contributed by atoms with E-state index in [1.165, 1.54) is 18.6 Å². The summed E-state index contributed by atoms with van der Waals surface area (Å²) in [6.45, 7) is 3.94. The molecule has 1 N–H and O–H groups in total. The minimum Gasteiger partial charge on any atom is -0.383 e. The van der Waals surface area contributed by atoms with Gasteiger partial charge in [-0.1, -0.05) is 25.1 Å². The molecular formula is C10H20N2OS. The van der Waals surface area contributed by atoms with Crippen molar-refractivity contribution in [1.29, 1.82) is 0 Å². The summed E-state index contributed by atoms with van der Waals surface area (Å²) in [5.74, 6) is 1.19. The van der Waals surface area contributed by atoms with Crippen LogP contribution in [0.25, 0.3) is 0 Å². The van der Waals surface area contributed by atoms with Crippen molar-refractivity contribution in [1.82, 2.24) is 5.32 Å². The Morgan fingerprint density at radius 1 is 1.64 bits per heavy atom. The van der Waals surface area contributed by atoms with Crippen molar-refractivity contribution in [2.45, 2.75) is 32.2 Å². The number of methoxy groups -OCH3 is 1. The molecule has 0 aromatic rings. The van der Waals surface area contributed by atoms with E-state index in [0.29, 0.717) is 6.04 Å². The van der Waals surface area contributed by atoms with Crippen LogP contribution >= 0.6 is 11.8 Å². The van der Waals surface area contributed by atoms with Gasteiger partial charge in [-0.25, -0.2) is 0 Å². The highest BCUT2D eigenvalue weighted by Gasteiger charge is 2.11. The monoisotopic (exact) mass is 216 g/mol. The minimum absolute atomic E-state index is 0.425. The lowest BCUT2D eigenvalue weighted by Crippen LogP contribution is -2.37. The summed E-state index contributed by atoms with van der Waals surface area (Å²) >= 11 is 1.83. The van der Waals surface area contributed by atoms with E-state index in [0.717, 1.165) is 24.7 Å². The van der Waals surface area contributed by atoms with Gasteiger partial charge in [0.25, 0.3) is 0 Å². The first-order valence-corrected chi connectivity index (χ1v) is 6.28. The van der Waals surface area contributed by atoms with Gasteiger partial charge < -0.3 is 10.1 Å². The SMILES string of the molecule is CCCC(COC)NC1=NCCCS1. The van der Waals surface area contributed by atoms with Gasteiger partial charge >= 0.3 is 0 Å². The van der Waals surface area contributed by atoms with Gasteiger partial charge in [0.05, 0.1) is 12.6 Å². The molecule has 14 heavy (non-hydrogen) atoms. The van der Waals surface area contributed by atoms with Crippen LogP contribution in [0.2, 0.25) is 0 Å². The van der Waals surface area contributed by atoms with Crippen molar-refractivity contribution in [2.75, 3.05) is 26.0 Å². The van der Waals surface area contributed by atoms with Gasteiger partial charge in [-0.05, 0) is 12.8 Å². The average Bonchev–Trinajstić information content (AvgIpc) is 2.20. The molecule has 82 valence electrons. The number of amidine groups is 1. The van der Waals surface area contributed by atoms with Crippen LogP contribution in [0.5, 0.6) is 0 Å². The van der Waals surface area contributed by atoms with E-state index in [1.807, 2.05) is 11.8 Å². The van der Waals surface area contributed by atoms with Gasteiger partial charge in [0.1, 0.15) is 0 Å². The second-order valence-corrected chi connectivity index (χ2v) is 4.56. The van der Waals surface area contributed by atoms with E-state index >= 15 is 0 Å². The molecule has 1 unspecified atom stereocenters. The van der Waals surface area contributed by atoms with Crippen molar-refractivity contribution >= 4 is 16.9 Å². The Hall–Kier alpha value is -0.220. The lowest BCUT2D eigenvalue weighted by atomic mass is 10.2. The predicted molar refractivity (Wildman–Crippen MR) is 63.1 cm³/mol. The molecule has 0 aromatic carbocycles. The molecule has 3 nitrogen and oxygen atoms in total. The number of thioether (sulfide) groups is 1. The van der Waals surface area contributed by atoms with E-state index in [2.05, 4.69) is 17.2 Å². The Morgan fingerprint density at radius 3 is 3.07 bits per heavy atom. The van der Waals surface area contributed by atoms with Crippen molar-refractivity contribution in [2.24, 2.45) is 4.99 Å². The maximum absolute atomic E-state index is 5.17. The molecule has 0 bridgehead atoms. The number of aliphatic imine (C=N–C) groups is 1. The molecule has 4 heteroatoms. The van der Waals surface area contributed by atoms with E-state index in [-0.39, 0.29) is 0 Å². The lowest BCUT2D eigenvalue weighted by Gasteiger charge is -2.21. The summed E-state index contributed by atoms with van der Waals surface area (Å²) in [5, 5.41) is 4.55. The van der Waals surface area contributed by atoms with Crippen LogP contribution in [0.3, 0.4) is 0 Å². The largest absolute Gasteiger partial charge is 0.383 e. The van der Waals surface area contributed by atoms with Crippen molar-refractivity contribution in [3.05, 3.63) is 0 Å². The van der Waals surface area contributed by atoms with Crippen LogP contribution in [0.4, 0.5) is 0 Å². The quantitative estimate of drug-likeness (QED) is 0.762. The Kier molecular flexibility index (Phi) is 6.03. The summed E-state index contributed by atoms with van der Waals surface area (Å²) in [6, 6.07) is 0.425. The Morgan fingerprint density at radius 2 is 2.50 bits per heavy atom. The van der Waals surface area contributed by atoms with Crippen molar-refractivity contribution < 1.29 is 4.74 Å². The average molecular weight is 216 g/mol. The molecule has 1 aliphatic rings. The fraction of sp³-hybridized carbons (Fsp3) is 0.900. The smallest absolute Gasteiger partial charge is 0.156 e. The normalized spacial score (nSPS) is 18.9. The Labute approximate surface area is 90.7 Å². The summed E-state index contributed by atoms with van der Waals surface area (Å²) < 4.78 is 5.17. The van der Waals surface area contributed by atoms with Gasteiger partial charge in [-0.2, -0.15) is 0 Å². The minimum atomic E-state index is 0.425. The summed E-state index contributed by atoms with van der Waals surface area (Å²) in [5.41, 5.74) is 0. The van der Waals surface area contributed by atoms with E-state index < -0.39 is 0 Å². The molecule has 0 radical (unpaired) electrons. The van der Waals surface area contributed by atoms with E-state index in [9.17, 15) is 0 Å². The molecule has 0 amide bonds. The maximum Gasteiger partial charge on any atom is 0.156 e. The standard InChI is InChI=1S/C10H20N2OS/c1-3-5-9(8-13-2)12-10-11-6-4-7-14-10/h9H,3-8H2,1-2H3,(H,11,12). The van der Waals surface area contributed by atoms with Crippen LogP contribution in [0, 0.1) is 0 Å². The summed E-state index contributed by atoms with van der Waals surface area (Å²) in [6.07, 6.45) is 3.53. The van der Waals surface area contributed by atoms with Crippen LogP contribution in [0.1, 0.15) is 26.2 Å². The van der Waals surface area contributed by atoms with Crippen LogP contribution in [-0.4, -0.2) is 37.2 Å². The number of hydrogen-bond donors (Lipinski definition) is 1. The number of hydrogen-bond acceptors (Lipinski definition) is 4. The third-order valence-electron chi connectivity index (χ3n) is 2.13. The first-order valence-electron chi connectivity index (χ1n) is 5.29. The van der Waals surface area contributed by atoms with Crippen LogP contribution in [0.15, 0.2) is 4.99 Å². The summed E-state index contributed by atoms with van der Waals surface area (Å²) in [7, 11) is 1.75. The van der Waals surface area contributed by atoms with Crippen molar-refractivity contribution in [3.8, 4) is 0 Å². The molecule has 0 saturated heterocycles. The fourth-order valence-corrected chi connectivity index (χ4v) is 2.37. The van der Waals surface area contributed by atoms with Crippen LogP contribution in [-0.2, 0) is 4.74 Å². The Bertz CT molecular complexity index is 179. The zero-order chi connectivity index (χ0) is 10.2. The van der Waals surface area contributed by atoms with Gasteiger partial charge in [-0.3, -0.25) is 4.99 Å². The molecule has 1 atom stereocenters. The molecule has 0 spiro atoms.